The second kappa shape index (κ2) is 13.7. The molecule has 1 amide bonds. The highest BCUT2D eigenvalue weighted by molar-refractivity contribution is 8.00. The molecular weight excluding hydrogens is 575 g/mol. The lowest BCUT2D eigenvalue weighted by molar-refractivity contribution is -0.132. The first-order valence-corrected chi connectivity index (χ1v) is 15.4. The third-order valence-electron chi connectivity index (χ3n) is 6.74. The minimum atomic E-state index is -0.931. The molecule has 3 heterocycles. The van der Waals surface area contributed by atoms with Crippen molar-refractivity contribution >= 4 is 45.7 Å². The number of anilines is 1. The normalized spacial score (nSPS) is 16.2. The number of nitrogens with zero attached hydrogens (tertiary/aromatic N) is 4. The first-order chi connectivity index (χ1) is 20.5. The largest absolute Gasteiger partial charge is 0.507 e. The minimum absolute atomic E-state index is 0.0462. The number of aliphatic hydroxyl groups excluding tert-OH is 1. The molecule has 1 atom stereocenters. The van der Waals surface area contributed by atoms with Crippen LogP contribution in [-0.4, -0.2) is 38.6 Å². The fourth-order valence-corrected chi connectivity index (χ4v) is 6.38. The van der Waals surface area contributed by atoms with Crippen LogP contribution in [0.25, 0.3) is 5.76 Å². The summed E-state index contributed by atoms with van der Waals surface area (Å²) in [4.78, 5) is 32.1. The molecule has 2 aromatic carbocycles. The Labute approximate surface area is 251 Å². The van der Waals surface area contributed by atoms with Crippen LogP contribution in [0.2, 0.25) is 0 Å². The zero-order valence-electron chi connectivity index (χ0n) is 22.9. The smallest absolute Gasteiger partial charge is 0.301 e. The summed E-state index contributed by atoms with van der Waals surface area (Å²) in [6.45, 7) is 2.76. The number of ether oxygens (including phenoxy) is 1. The summed E-state index contributed by atoms with van der Waals surface area (Å²) in [7, 11) is 0. The van der Waals surface area contributed by atoms with Gasteiger partial charge in [0.2, 0.25) is 5.13 Å². The van der Waals surface area contributed by atoms with Gasteiger partial charge in [-0.2, -0.15) is 0 Å². The van der Waals surface area contributed by atoms with Crippen LogP contribution >= 0.6 is 23.1 Å². The molecule has 42 heavy (non-hydrogen) atoms. The molecule has 5 rings (SSSR count). The van der Waals surface area contributed by atoms with Gasteiger partial charge in [-0.25, -0.2) is 4.39 Å². The molecule has 0 radical (unpaired) electrons. The van der Waals surface area contributed by atoms with Crippen LogP contribution in [0.1, 0.15) is 55.3 Å². The van der Waals surface area contributed by atoms with Crippen molar-refractivity contribution in [3.8, 4) is 5.75 Å². The monoisotopic (exact) mass is 604 g/mol. The summed E-state index contributed by atoms with van der Waals surface area (Å²) < 4.78 is 19.7. The van der Waals surface area contributed by atoms with Crippen LogP contribution in [-0.2, 0) is 15.3 Å². The van der Waals surface area contributed by atoms with Gasteiger partial charge < -0.3 is 9.84 Å². The Bertz CT molecular complexity index is 1560. The van der Waals surface area contributed by atoms with Crippen LogP contribution in [0.5, 0.6) is 5.75 Å². The van der Waals surface area contributed by atoms with E-state index in [1.807, 2.05) is 0 Å². The summed E-state index contributed by atoms with van der Waals surface area (Å²) in [5.41, 5.74) is 1.84. The van der Waals surface area contributed by atoms with Crippen molar-refractivity contribution in [3.05, 3.63) is 101 Å². The van der Waals surface area contributed by atoms with Gasteiger partial charge in [0.05, 0.1) is 18.2 Å². The Morgan fingerprint density at radius 1 is 1.00 bits per heavy atom. The maximum absolute atomic E-state index is 13.4. The topological polar surface area (TPSA) is 106 Å². The van der Waals surface area contributed by atoms with Gasteiger partial charge in [-0.1, -0.05) is 73.6 Å². The summed E-state index contributed by atoms with van der Waals surface area (Å²) in [6.07, 6.45) is 7.38. The quantitative estimate of drug-likeness (QED) is 0.0463. The van der Waals surface area contributed by atoms with E-state index in [1.165, 1.54) is 52.5 Å². The molecule has 1 saturated heterocycles. The number of Topliss-reactive ketones (excluding diaryl/α,β-unsaturated/α-hetero) is 1. The lowest BCUT2D eigenvalue weighted by Crippen LogP contribution is -2.29. The van der Waals surface area contributed by atoms with Gasteiger partial charge in [-0.15, -0.1) is 10.2 Å². The van der Waals surface area contributed by atoms with Gasteiger partial charge >= 0.3 is 5.91 Å². The van der Waals surface area contributed by atoms with E-state index in [1.54, 1.807) is 48.5 Å². The minimum Gasteiger partial charge on any atom is -0.507 e. The van der Waals surface area contributed by atoms with E-state index in [0.717, 1.165) is 31.2 Å². The summed E-state index contributed by atoms with van der Waals surface area (Å²) in [5, 5.41) is 19.9. The van der Waals surface area contributed by atoms with E-state index >= 15 is 0 Å². The van der Waals surface area contributed by atoms with Crippen molar-refractivity contribution in [2.24, 2.45) is 0 Å². The molecule has 0 saturated carbocycles. The fourth-order valence-electron chi connectivity index (χ4n) is 4.56. The highest BCUT2D eigenvalue weighted by atomic mass is 32.2. The first-order valence-electron chi connectivity index (χ1n) is 13.6. The Balaban J connectivity index is 1.44. The van der Waals surface area contributed by atoms with Crippen molar-refractivity contribution in [3.63, 3.8) is 0 Å². The van der Waals surface area contributed by atoms with E-state index in [2.05, 4.69) is 22.1 Å². The number of aromatic nitrogens is 3. The number of thioether (sulfide) groups is 1. The number of ketones is 1. The van der Waals surface area contributed by atoms with Crippen LogP contribution < -0.4 is 9.64 Å². The number of carbonyl (C=O) groups is 2. The van der Waals surface area contributed by atoms with Gasteiger partial charge in [0, 0.05) is 23.7 Å². The number of hydrogen-bond acceptors (Lipinski definition) is 9. The van der Waals surface area contributed by atoms with Crippen LogP contribution in [0.3, 0.4) is 0 Å². The molecule has 0 bridgehead atoms. The SMILES string of the molecule is CCCCCCOc1ccc(C2C(=C(O)c3ccncc3)C(=O)C(=O)N2c2nnc(SCc3ccc(F)cc3)s2)cc1. The summed E-state index contributed by atoms with van der Waals surface area (Å²) >= 11 is 2.56. The number of rotatable bonds is 12. The molecule has 8 nitrogen and oxygen atoms in total. The second-order valence-corrected chi connectivity index (χ2v) is 11.8. The van der Waals surface area contributed by atoms with Crippen LogP contribution in [0.4, 0.5) is 9.52 Å². The van der Waals surface area contributed by atoms with Gasteiger partial charge in [-0.3, -0.25) is 19.5 Å². The Morgan fingerprint density at radius 3 is 2.45 bits per heavy atom. The van der Waals surface area contributed by atoms with Gasteiger partial charge in [-0.05, 0) is 53.9 Å². The average Bonchev–Trinajstić information content (AvgIpc) is 3.59. The van der Waals surface area contributed by atoms with E-state index in [9.17, 15) is 19.1 Å². The Kier molecular flexibility index (Phi) is 9.60. The number of hydrogen-bond donors (Lipinski definition) is 1. The molecule has 216 valence electrons. The summed E-state index contributed by atoms with van der Waals surface area (Å²) in [6, 6.07) is 15.6. The molecule has 11 heteroatoms. The predicted molar refractivity (Wildman–Crippen MR) is 161 cm³/mol. The van der Waals surface area contributed by atoms with E-state index in [0.29, 0.717) is 33.6 Å². The number of halogens is 1. The number of unbranched alkanes of at least 4 members (excludes halogenated alkanes) is 3. The number of amides is 1. The number of pyridine rings is 1. The predicted octanol–water partition coefficient (Wildman–Crippen LogP) is 6.95. The third-order valence-corrected chi connectivity index (χ3v) is 8.87. The van der Waals surface area contributed by atoms with Crippen molar-refractivity contribution in [1.29, 1.82) is 0 Å². The summed E-state index contributed by atoms with van der Waals surface area (Å²) in [5.74, 6) is -1.03. The van der Waals surface area contributed by atoms with E-state index in [-0.39, 0.29) is 22.3 Å². The molecule has 1 unspecified atom stereocenters. The lowest BCUT2D eigenvalue weighted by atomic mass is 9.95. The highest BCUT2D eigenvalue weighted by Gasteiger charge is 2.48. The number of carbonyl (C=O) groups excluding carboxylic acids is 2. The van der Waals surface area contributed by atoms with E-state index < -0.39 is 17.7 Å². The Hall–Kier alpha value is -4.09. The molecule has 1 aliphatic heterocycles. The molecule has 1 fully saturated rings. The highest BCUT2D eigenvalue weighted by Crippen LogP contribution is 2.44. The fraction of sp³-hybridized carbons (Fsp3) is 0.258. The zero-order chi connectivity index (χ0) is 29.5. The average molecular weight is 605 g/mol. The van der Waals surface area contributed by atoms with Crippen molar-refractivity contribution in [2.45, 2.75) is 48.7 Å². The van der Waals surface area contributed by atoms with Crippen molar-refractivity contribution < 1.29 is 23.8 Å². The van der Waals surface area contributed by atoms with Crippen molar-refractivity contribution in [1.82, 2.24) is 15.2 Å². The molecule has 1 N–H and O–H groups in total. The maximum atomic E-state index is 13.4. The molecule has 4 aromatic rings. The maximum Gasteiger partial charge on any atom is 0.301 e. The molecule has 0 spiro atoms. The molecule has 0 aliphatic carbocycles. The first kappa shape index (κ1) is 29.4. The van der Waals surface area contributed by atoms with E-state index in [4.69, 9.17) is 4.74 Å². The number of benzene rings is 2. The Morgan fingerprint density at radius 2 is 1.74 bits per heavy atom. The second-order valence-electron chi connectivity index (χ2n) is 9.65. The van der Waals surface area contributed by atoms with Crippen molar-refractivity contribution in [2.75, 3.05) is 11.5 Å². The van der Waals surface area contributed by atoms with Crippen LogP contribution in [0.15, 0.2) is 83.0 Å². The molecule has 1 aliphatic rings. The van der Waals surface area contributed by atoms with Gasteiger partial charge in [0.15, 0.2) is 4.34 Å². The lowest BCUT2D eigenvalue weighted by Gasteiger charge is -2.22. The standard InChI is InChI=1S/C31H29FN4O4S2/c1-2-3-4-5-18-40-24-12-8-21(9-13-24)26-25(27(37)22-14-16-33-17-15-22)28(38)29(39)36(26)30-34-35-31(42-30)41-19-20-6-10-23(32)11-7-20/h6-17,26,37H,2-5,18-19H2,1H3. The molecule has 2 aromatic heterocycles. The number of aliphatic hydroxyl groups is 1. The van der Waals surface area contributed by atoms with Gasteiger partial charge in [0.25, 0.3) is 5.78 Å². The zero-order valence-corrected chi connectivity index (χ0v) is 24.5. The third kappa shape index (κ3) is 6.69. The molecular formula is C31H29FN4O4S2. The van der Waals surface area contributed by atoms with Crippen LogP contribution in [0, 0.1) is 5.82 Å². The van der Waals surface area contributed by atoms with Gasteiger partial charge in [0.1, 0.15) is 17.3 Å².